The highest BCUT2D eigenvalue weighted by Gasteiger charge is 1.96. The van der Waals surface area contributed by atoms with Gasteiger partial charge in [0.05, 0.1) is 6.20 Å². The molecule has 3 heteroatoms. The van der Waals surface area contributed by atoms with Gasteiger partial charge in [-0.05, 0) is 18.9 Å². The molecule has 0 bridgehead atoms. The molecule has 0 unspecified atom stereocenters. The first-order valence-corrected chi connectivity index (χ1v) is 5.34. The molecule has 0 N–H and O–H groups in total. The van der Waals surface area contributed by atoms with Crippen molar-refractivity contribution < 1.29 is 0 Å². The predicted molar refractivity (Wildman–Crippen MR) is 64.3 cm³/mol. The van der Waals surface area contributed by atoms with Crippen molar-refractivity contribution in [3.63, 3.8) is 0 Å². The van der Waals surface area contributed by atoms with Crippen molar-refractivity contribution in [1.29, 1.82) is 0 Å². The fourth-order valence-electron chi connectivity index (χ4n) is 0.954. The first-order valence-electron chi connectivity index (χ1n) is 5.34. The van der Waals surface area contributed by atoms with Gasteiger partial charge >= 0.3 is 0 Å². The van der Waals surface area contributed by atoms with Crippen LogP contribution in [0.25, 0.3) is 5.57 Å². The van der Waals surface area contributed by atoms with Gasteiger partial charge in [-0.1, -0.05) is 39.0 Å². The Morgan fingerprint density at radius 2 is 2.13 bits per heavy atom. The van der Waals surface area contributed by atoms with Crippen LogP contribution in [0.5, 0.6) is 0 Å². The molecule has 0 aliphatic heterocycles. The topological polar surface area (TPSA) is 38.7 Å². The molecule has 0 radical (unpaired) electrons. The summed E-state index contributed by atoms with van der Waals surface area (Å²) in [6, 6.07) is 0. The zero-order valence-electron chi connectivity index (χ0n) is 9.94. The third-order valence-corrected chi connectivity index (χ3v) is 1.62. The summed E-state index contributed by atoms with van der Waals surface area (Å²) in [4.78, 5) is 3.91. The number of hydrogen-bond acceptors (Lipinski definition) is 3. The average Bonchev–Trinajstić information content (AvgIpc) is 2.34. The van der Waals surface area contributed by atoms with E-state index in [0.29, 0.717) is 0 Å². The van der Waals surface area contributed by atoms with Crippen LogP contribution < -0.4 is 0 Å². The van der Waals surface area contributed by atoms with Crippen LogP contribution >= 0.6 is 0 Å². The molecule has 82 valence electrons. The lowest BCUT2D eigenvalue weighted by Gasteiger charge is -1.97. The fourth-order valence-corrected chi connectivity index (χ4v) is 0.954. The van der Waals surface area contributed by atoms with Gasteiger partial charge in [0.2, 0.25) is 0 Å². The van der Waals surface area contributed by atoms with E-state index in [9.17, 15) is 0 Å². The standard InChI is InChI=1S/C10H13N3.C2H6/c1-3-5-6-9(4-2)10-7-11-8-12-13-10;1-2/h4-8H,3H2,1-2H3;1-2H3/b6-5-,9-4+;. The molecule has 1 aromatic rings. The molecule has 0 atom stereocenters. The summed E-state index contributed by atoms with van der Waals surface area (Å²) in [6.45, 7) is 8.07. The molecular formula is C12H19N3. The van der Waals surface area contributed by atoms with Gasteiger partial charge in [-0.3, -0.25) is 0 Å². The molecule has 0 aromatic carbocycles. The van der Waals surface area contributed by atoms with Crippen molar-refractivity contribution in [2.45, 2.75) is 34.1 Å². The quantitative estimate of drug-likeness (QED) is 0.711. The van der Waals surface area contributed by atoms with Crippen molar-refractivity contribution in [1.82, 2.24) is 15.2 Å². The normalized spacial score (nSPS) is 11.1. The van der Waals surface area contributed by atoms with Gasteiger partial charge in [-0.2, -0.15) is 0 Å². The molecule has 0 fully saturated rings. The average molecular weight is 205 g/mol. The van der Waals surface area contributed by atoms with E-state index in [0.717, 1.165) is 17.7 Å². The summed E-state index contributed by atoms with van der Waals surface area (Å²) in [5.74, 6) is 0. The minimum Gasteiger partial charge on any atom is -0.241 e. The highest BCUT2D eigenvalue weighted by Crippen LogP contribution is 2.10. The summed E-state index contributed by atoms with van der Waals surface area (Å²) < 4.78 is 0. The van der Waals surface area contributed by atoms with Crippen LogP contribution in [0.1, 0.15) is 39.8 Å². The lowest BCUT2D eigenvalue weighted by atomic mass is 10.1. The summed E-state index contributed by atoms with van der Waals surface area (Å²) in [6.07, 6.45) is 10.3. The third-order valence-electron chi connectivity index (χ3n) is 1.62. The smallest absolute Gasteiger partial charge is 0.138 e. The van der Waals surface area contributed by atoms with Gasteiger partial charge in [0.1, 0.15) is 12.0 Å². The molecule has 1 aromatic heterocycles. The van der Waals surface area contributed by atoms with E-state index in [1.165, 1.54) is 6.33 Å². The number of allylic oxidation sites excluding steroid dienone is 4. The van der Waals surface area contributed by atoms with Gasteiger partial charge in [0.25, 0.3) is 0 Å². The van der Waals surface area contributed by atoms with Crippen molar-refractivity contribution >= 4 is 5.57 Å². The van der Waals surface area contributed by atoms with Crippen LogP contribution in [0.3, 0.4) is 0 Å². The van der Waals surface area contributed by atoms with Crippen LogP contribution in [0, 0.1) is 0 Å². The first kappa shape index (κ1) is 13.5. The highest BCUT2D eigenvalue weighted by atomic mass is 15.1. The minimum atomic E-state index is 0.815. The maximum Gasteiger partial charge on any atom is 0.138 e. The molecule has 0 aliphatic carbocycles. The molecule has 0 saturated carbocycles. The summed E-state index contributed by atoms with van der Waals surface area (Å²) >= 11 is 0. The van der Waals surface area contributed by atoms with Crippen LogP contribution in [0.15, 0.2) is 30.8 Å². The lowest BCUT2D eigenvalue weighted by Crippen LogP contribution is -1.90. The Morgan fingerprint density at radius 1 is 1.40 bits per heavy atom. The van der Waals surface area contributed by atoms with Gasteiger partial charge < -0.3 is 0 Å². The Labute approximate surface area is 92.0 Å². The molecule has 0 spiro atoms. The minimum absolute atomic E-state index is 0.815. The Morgan fingerprint density at radius 3 is 2.60 bits per heavy atom. The zero-order valence-corrected chi connectivity index (χ0v) is 9.94. The molecule has 0 amide bonds. The van der Waals surface area contributed by atoms with E-state index in [4.69, 9.17) is 0 Å². The Balaban J connectivity index is 0.000000921. The molecule has 3 nitrogen and oxygen atoms in total. The molecular weight excluding hydrogens is 186 g/mol. The Bertz CT molecular complexity index is 302. The number of rotatable bonds is 3. The zero-order chi connectivity index (χ0) is 11.5. The summed E-state index contributed by atoms with van der Waals surface area (Å²) in [5.41, 5.74) is 1.87. The van der Waals surface area contributed by atoms with Crippen LogP contribution in [0.4, 0.5) is 0 Å². The highest BCUT2D eigenvalue weighted by molar-refractivity contribution is 5.70. The first-order chi connectivity index (χ1) is 7.38. The van der Waals surface area contributed by atoms with E-state index in [-0.39, 0.29) is 0 Å². The van der Waals surface area contributed by atoms with Crippen molar-refractivity contribution in [3.8, 4) is 0 Å². The van der Waals surface area contributed by atoms with Gasteiger partial charge in [0, 0.05) is 0 Å². The Hall–Kier alpha value is -1.51. The number of aromatic nitrogens is 3. The Kier molecular flexibility index (Phi) is 8.15. The summed E-state index contributed by atoms with van der Waals surface area (Å²) in [7, 11) is 0. The second-order valence-electron chi connectivity index (χ2n) is 2.55. The van der Waals surface area contributed by atoms with Crippen LogP contribution in [0.2, 0.25) is 0 Å². The molecule has 1 rings (SSSR count). The third kappa shape index (κ3) is 5.05. The van der Waals surface area contributed by atoms with Gasteiger partial charge in [0.15, 0.2) is 0 Å². The molecule has 15 heavy (non-hydrogen) atoms. The fraction of sp³-hybridized carbons (Fsp3) is 0.417. The molecule has 1 heterocycles. The van der Waals surface area contributed by atoms with E-state index in [2.05, 4.69) is 28.2 Å². The summed E-state index contributed by atoms with van der Waals surface area (Å²) in [5, 5.41) is 7.70. The van der Waals surface area contributed by atoms with Crippen molar-refractivity contribution in [2.75, 3.05) is 0 Å². The van der Waals surface area contributed by atoms with Crippen LogP contribution in [-0.4, -0.2) is 15.2 Å². The second-order valence-corrected chi connectivity index (χ2v) is 2.55. The second kappa shape index (κ2) is 9.06. The van der Waals surface area contributed by atoms with Gasteiger partial charge in [-0.25, -0.2) is 4.98 Å². The lowest BCUT2D eigenvalue weighted by molar-refractivity contribution is 0.952. The number of nitrogens with zero attached hydrogens (tertiary/aromatic N) is 3. The predicted octanol–water partition coefficient (Wildman–Crippen LogP) is 3.27. The SMILES string of the molecule is C/C=C(\C=C/CC)c1cncnn1.CC. The van der Waals surface area contributed by atoms with Crippen LogP contribution in [-0.2, 0) is 0 Å². The largest absolute Gasteiger partial charge is 0.241 e. The van der Waals surface area contributed by atoms with E-state index >= 15 is 0 Å². The maximum atomic E-state index is 3.97. The number of hydrogen-bond donors (Lipinski definition) is 0. The monoisotopic (exact) mass is 205 g/mol. The van der Waals surface area contributed by atoms with Crippen molar-refractivity contribution in [3.05, 3.63) is 36.4 Å². The van der Waals surface area contributed by atoms with Gasteiger partial charge in [-0.15, -0.1) is 10.2 Å². The molecule has 0 aliphatic rings. The van der Waals surface area contributed by atoms with E-state index in [1.54, 1.807) is 6.20 Å². The van der Waals surface area contributed by atoms with Crippen molar-refractivity contribution in [2.24, 2.45) is 0 Å². The van der Waals surface area contributed by atoms with E-state index < -0.39 is 0 Å². The molecule has 0 saturated heterocycles. The maximum absolute atomic E-state index is 3.97. The van der Waals surface area contributed by atoms with E-state index in [1.807, 2.05) is 32.9 Å².